The van der Waals surface area contributed by atoms with Gasteiger partial charge in [-0.25, -0.2) is 4.98 Å². The smallest absolute Gasteiger partial charge is 0.267 e. The largest absolute Gasteiger partial charge is 0.368 e. The predicted molar refractivity (Wildman–Crippen MR) is 101 cm³/mol. The molecule has 0 saturated carbocycles. The summed E-state index contributed by atoms with van der Waals surface area (Å²) in [7, 11) is 1.88. The van der Waals surface area contributed by atoms with Crippen molar-refractivity contribution in [1.29, 1.82) is 0 Å². The summed E-state index contributed by atoms with van der Waals surface area (Å²) in [6.45, 7) is 3.22. The van der Waals surface area contributed by atoms with Crippen LogP contribution in [-0.2, 0) is 7.05 Å². The highest BCUT2D eigenvalue weighted by Gasteiger charge is 2.20. The maximum atomic E-state index is 11.3. The topological polar surface area (TPSA) is 106 Å². The van der Waals surface area contributed by atoms with E-state index in [4.69, 9.17) is 10.7 Å². The number of primary amides is 1. The number of nitrogens with two attached hydrogens (primary N) is 1. The van der Waals surface area contributed by atoms with E-state index in [1.165, 1.54) is 0 Å². The third-order valence-electron chi connectivity index (χ3n) is 4.59. The van der Waals surface area contributed by atoms with Crippen molar-refractivity contribution in [2.24, 2.45) is 12.8 Å². The van der Waals surface area contributed by atoms with Crippen LogP contribution < -0.4 is 15.5 Å². The fraction of sp³-hybridized carbons (Fsp3) is 0.278. The van der Waals surface area contributed by atoms with Crippen molar-refractivity contribution in [3.05, 3.63) is 48.8 Å². The molecule has 0 radical (unpaired) electrons. The molecule has 138 valence electrons. The van der Waals surface area contributed by atoms with Gasteiger partial charge in [-0.15, -0.1) is 0 Å². The second-order valence-electron chi connectivity index (χ2n) is 6.40. The lowest BCUT2D eigenvalue weighted by Gasteiger charge is -2.36. The number of carbonyl (C=O) groups excluding carboxylic acids is 1. The molecule has 2 N–H and O–H groups in total. The molecule has 1 fully saturated rings. The third kappa shape index (κ3) is 3.57. The van der Waals surface area contributed by atoms with Gasteiger partial charge in [0.2, 0.25) is 0 Å². The number of amides is 1. The number of anilines is 2. The molecule has 4 rings (SSSR count). The molecule has 27 heavy (non-hydrogen) atoms. The molecule has 3 aromatic heterocycles. The Bertz CT molecular complexity index is 961. The molecule has 0 aliphatic carbocycles. The molecule has 0 atom stereocenters. The summed E-state index contributed by atoms with van der Waals surface area (Å²) in [5.41, 5.74) is 8.31. The lowest BCUT2D eigenvalue weighted by Crippen LogP contribution is -2.47. The van der Waals surface area contributed by atoms with E-state index in [0.29, 0.717) is 0 Å². The van der Waals surface area contributed by atoms with E-state index in [1.807, 2.05) is 19.3 Å². The van der Waals surface area contributed by atoms with Crippen molar-refractivity contribution in [1.82, 2.24) is 24.7 Å². The van der Waals surface area contributed by atoms with E-state index in [0.717, 1.165) is 48.9 Å². The summed E-state index contributed by atoms with van der Waals surface area (Å²) in [5.74, 6) is 0.335. The van der Waals surface area contributed by atoms with Crippen LogP contribution in [0.1, 0.15) is 10.5 Å². The van der Waals surface area contributed by atoms with Gasteiger partial charge in [-0.3, -0.25) is 19.4 Å². The molecular formula is C18H20N8O. The summed E-state index contributed by atoms with van der Waals surface area (Å²) in [5, 5.41) is 4.19. The van der Waals surface area contributed by atoms with Gasteiger partial charge in [-0.1, -0.05) is 0 Å². The van der Waals surface area contributed by atoms with Crippen LogP contribution in [0, 0.1) is 0 Å². The predicted octanol–water partition coefficient (Wildman–Crippen LogP) is 0.698. The van der Waals surface area contributed by atoms with Gasteiger partial charge in [0.15, 0.2) is 0 Å². The average Bonchev–Trinajstić information content (AvgIpc) is 3.15. The van der Waals surface area contributed by atoms with E-state index < -0.39 is 5.91 Å². The SMILES string of the molecule is Cn1cc(-c2cncc(N3CCN(c4ccnc(C(N)=O)c4)CC3)n2)cn1. The van der Waals surface area contributed by atoms with Crippen molar-refractivity contribution in [3.8, 4) is 11.3 Å². The van der Waals surface area contributed by atoms with Gasteiger partial charge in [-0.2, -0.15) is 5.10 Å². The van der Waals surface area contributed by atoms with Crippen LogP contribution in [0.15, 0.2) is 43.1 Å². The molecule has 9 heteroatoms. The maximum Gasteiger partial charge on any atom is 0.267 e. The molecule has 1 aliphatic heterocycles. The highest BCUT2D eigenvalue weighted by Crippen LogP contribution is 2.22. The van der Waals surface area contributed by atoms with Crippen LogP contribution in [0.3, 0.4) is 0 Å². The van der Waals surface area contributed by atoms with Gasteiger partial charge >= 0.3 is 0 Å². The molecule has 1 saturated heterocycles. The van der Waals surface area contributed by atoms with E-state index in [9.17, 15) is 4.79 Å². The summed E-state index contributed by atoms with van der Waals surface area (Å²) >= 11 is 0. The van der Waals surface area contributed by atoms with Crippen LogP contribution >= 0.6 is 0 Å². The summed E-state index contributed by atoms with van der Waals surface area (Å²) < 4.78 is 1.75. The molecule has 4 heterocycles. The Morgan fingerprint density at radius 2 is 1.89 bits per heavy atom. The van der Waals surface area contributed by atoms with Gasteiger partial charge in [-0.05, 0) is 12.1 Å². The third-order valence-corrected chi connectivity index (χ3v) is 4.59. The number of pyridine rings is 1. The number of aryl methyl sites for hydroxylation is 1. The lowest BCUT2D eigenvalue weighted by atomic mass is 10.2. The van der Waals surface area contributed by atoms with Crippen LogP contribution in [0.4, 0.5) is 11.5 Å². The fourth-order valence-electron chi connectivity index (χ4n) is 3.15. The molecule has 1 amide bonds. The second kappa shape index (κ2) is 7.02. The second-order valence-corrected chi connectivity index (χ2v) is 6.40. The van der Waals surface area contributed by atoms with Crippen molar-refractivity contribution < 1.29 is 4.79 Å². The van der Waals surface area contributed by atoms with Gasteiger partial charge in [0.05, 0.1) is 24.3 Å². The first kappa shape index (κ1) is 17.0. The zero-order valence-corrected chi connectivity index (χ0v) is 15.0. The normalized spacial score (nSPS) is 14.4. The maximum absolute atomic E-state index is 11.3. The zero-order chi connectivity index (χ0) is 18.8. The molecule has 3 aromatic rings. The number of nitrogens with zero attached hydrogens (tertiary/aromatic N) is 7. The van der Waals surface area contributed by atoms with Crippen molar-refractivity contribution in [3.63, 3.8) is 0 Å². The van der Waals surface area contributed by atoms with Crippen LogP contribution in [0.2, 0.25) is 0 Å². The van der Waals surface area contributed by atoms with E-state index in [2.05, 4.69) is 24.9 Å². The minimum Gasteiger partial charge on any atom is -0.368 e. The molecule has 0 aromatic carbocycles. The van der Waals surface area contributed by atoms with Gasteiger partial charge in [0.1, 0.15) is 11.5 Å². The Labute approximate surface area is 156 Å². The Morgan fingerprint density at radius 1 is 1.11 bits per heavy atom. The van der Waals surface area contributed by atoms with Crippen molar-refractivity contribution >= 4 is 17.4 Å². The minimum absolute atomic E-state index is 0.282. The number of aromatic nitrogens is 5. The lowest BCUT2D eigenvalue weighted by molar-refractivity contribution is 0.0995. The molecule has 0 spiro atoms. The first-order valence-electron chi connectivity index (χ1n) is 8.67. The number of hydrogen-bond donors (Lipinski definition) is 1. The Kier molecular flexibility index (Phi) is 4.41. The summed E-state index contributed by atoms with van der Waals surface area (Å²) in [6.07, 6.45) is 8.86. The molecule has 0 unspecified atom stereocenters. The highest BCUT2D eigenvalue weighted by molar-refractivity contribution is 5.91. The minimum atomic E-state index is -0.516. The van der Waals surface area contributed by atoms with E-state index in [1.54, 1.807) is 35.5 Å². The molecule has 1 aliphatic rings. The number of carbonyl (C=O) groups is 1. The summed E-state index contributed by atoms with van der Waals surface area (Å²) in [6, 6.07) is 3.63. The van der Waals surface area contributed by atoms with Crippen LogP contribution in [0.5, 0.6) is 0 Å². The van der Waals surface area contributed by atoms with E-state index in [-0.39, 0.29) is 5.69 Å². The van der Waals surface area contributed by atoms with Gasteiger partial charge in [0, 0.05) is 56.9 Å². The van der Waals surface area contributed by atoms with E-state index >= 15 is 0 Å². The molecule has 0 bridgehead atoms. The number of rotatable bonds is 4. The quantitative estimate of drug-likeness (QED) is 0.726. The number of piperazine rings is 1. The van der Waals surface area contributed by atoms with Crippen LogP contribution in [0.25, 0.3) is 11.3 Å². The average molecular weight is 364 g/mol. The summed E-state index contributed by atoms with van der Waals surface area (Å²) in [4.78, 5) is 28.8. The highest BCUT2D eigenvalue weighted by atomic mass is 16.1. The number of hydrogen-bond acceptors (Lipinski definition) is 7. The Hall–Kier alpha value is -3.49. The van der Waals surface area contributed by atoms with Gasteiger partial charge < -0.3 is 15.5 Å². The fourth-order valence-corrected chi connectivity index (χ4v) is 3.15. The zero-order valence-electron chi connectivity index (χ0n) is 15.0. The Morgan fingerprint density at radius 3 is 2.59 bits per heavy atom. The van der Waals surface area contributed by atoms with Crippen molar-refractivity contribution in [2.75, 3.05) is 36.0 Å². The molecule has 9 nitrogen and oxygen atoms in total. The van der Waals surface area contributed by atoms with Crippen molar-refractivity contribution in [2.45, 2.75) is 0 Å². The molecular weight excluding hydrogens is 344 g/mol. The Balaban J connectivity index is 1.47. The monoisotopic (exact) mass is 364 g/mol. The first-order chi connectivity index (χ1) is 13.1. The van der Waals surface area contributed by atoms with Gasteiger partial charge in [0.25, 0.3) is 5.91 Å². The first-order valence-corrected chi connectivity index (χ1v) is 8.67. The van der Waals surface area contributed by atoms with Crippen LogP contribution in [-0.4, -0.2) is 56.8 Å². The standard InChI is InChI=1S/C18H20N8O/c1-24-12-13(9-22-24)16-10-20-11-17(23-16)26-6-4-25(5-7-26)14-2-3-21-15(8-14)18(19)27/h2-3,8-12H,4-7H2,1H3,(H2,19,27).